The van der Waals surface area contributed by atoms with E-state index in [1.165, 1.54) is 0 Å². The monoisotopic (exact) mass is 391 g/mol. The van der Waals surface area contributed by atoms with Crippen molar-refractivity contribution < 1.29 is 9.59 Å². The molecule has 2 amide bonds. The highest BCUT2D eigenvalue weighted by molar-refractivity contribution is 6.36. The Morgan fingerprint density at radius 3 is 2.50 bits per heavy atom. The van der Waals surface area contributed by atoms with Gasteiger partial charge in [0.1, 0.15) is 11.4 Å². The molecule has 2 heterocycles. The van der Waals surface area contributed by atoms with E-state index in [4.69, 9.17) is 23.2 Å². The fourth-order valence-corrected chi connectivity index (χ4v) is 3.29. The summed E-state index contributed by atoms with van der Waals surface area (Å²) in [5.41, 5.74) is 0.867. The van der Waals surface area contributed by atoms with Gasteiger partial charge in [-0.2, -0.15) is 0 Å². The van der Waals surface area contributed by atoms with Crippen LogP contribution >= 0.6 is 23.2 Å². The maximum Gasteiger partial charge on any atom is 0.274 e. The summed E-state index contributed by atoms with van der Waals surface area (Å²) >= 11 is 11.9. The third kappa shape index (κ3) is 4.34. The number of rotatable bonds is 3. The van der Waals surface area contributed by atoms with E-state index in [0.717, 1.165) is 25.9 Å². The third-order valence-corrected chi connectivity index (χ3v) is 5.00. The molecule has 1 saturated heterocycles. The first-order valence-corrected chi connectivity index (χ1v) is 9.22. The van der Waals surface area contributed by atoms with E-state index in [1.54, 1.807) is 41.3 Å². The molecule has 1 aliphatic rings. The van der Waals surface area contributed by atoms with Crippen molar-refractivity contribution in [2.75, 3.05) is 18.4 Å². The molecule has 26 heavy (non-hydrogen) atoms. The van der Waals surface area contributed by atoms with Crippen molar-refractivity contribution in [2.24, 2.45) is 5.92 Å². The second-order valence-electron chi connectivity index (χ2n) is 6.46. The average Bonchev–Trinajstić information content (AvgIpc) is 2.64. The summed E-state index contributed by atoms with van der Waals surface area (Å²) in [5, 5.41) is 3.50. The Kier molecular flexibility index (Phi) is 5.79. The molecule has 3 rings (SSSR count). The Labute approximate surface area is 162 Å². The molecule has 0 bridgehead atoms. The van der Waals surface area contributed by atoms with E-state index in [9.17, 15) is 9.59 Å². The summed E-state index contributed by atoms with van der Waals surface area (Å²) in [4.78, 5) is 31.1. The number of hydrogen-bond acceptors (Lipinski definition) is 3. The molecule has 1 aromatic heterocycles. The van der Waals surface area contributed by atoms with Gasteiger partial charge in [0.25, 0.3) is 11.8 Å². The first-order valence-electron chi connectivity index (χ1n) is 8.47. The molecule has 5 nitrogen and oxygen atoms in total. The van der Waals surface area contributed by atoms with Crippen LogP contribution in [0.3, 0.4) is 0 Å². The van der Waals surface area contributed by atoms with Gasteiger partial charge in [0, 0.05) is 18.1 Å². The fourth-order valence-electron chi connectivity index (χ4n) is 2.83. The predicted octanol–water partition coefficient (Wildman–Crippen LogP) is 4.51. The van der Waals surface area contributed by atoms with Crippen LogP contribution in [0.2, 0.25) is 10.0 Å². The topological polar surface area (TPSA) is 62.3 Å². The largest absolute Gasteiger partial charge is 0.337 e. The molecule has 1 N–H and O–H groups in total. The lowest BCUT2D eigenvalue weighted by atomic mass is 9.99. The van der Waals surface area contributed by atoms with Crippen LogP contribution in [-0.4, -0.2) is 34.8 Å². The number of nitrogens with zero attached hydrogens (tertiary/aromatic N) is 2. The molecular formula is C19H19Cl2N3O2. The van der Waals surface area contributed by atoms with Crippen molar-refractivity contribution in [1.82, 2.24) is 9.88 Å². The predicted molar refractivity (Wildman–Crippen MR) is 103 cm³/mol. The standard InChI is InChI=1S/C19H19Cl2N3O2/c1-12-7-9-24(10-8-12)19(26)17-4-2-3-16(22-17)18(25)23-15-6-5-13(20)11-14(15)21/h2-6,11-12H,7-10H2,1H3,(H,23,25). The molecule has 136 valence electrons. The molecule has 1 aliphatic heterocycles. The van der Waals surface area contributed by atoms with Crippen molar-refractivity contribution in [3.8, 4) is 0 Å². The number of carbonyl (C=O) groups is 2. The van der Waals surface area contributed by atoms with Gasteiger partial charge >= 0.3 is 0 Å². The number of nitrogens with one attached hydrogen (secondary N) is 1. The summed E-state index contributed by atoms with van der Waals surface area (Å²) in [6.07, 6.45) is 1.97. The van der Waals surface area contributed by atoms with Crippen molar-refractivity contribution in [1.29, 1.82) is 0 Å². The second kappa shape index (κ2) is 8.06. The van der Waals surface area contributed by atoms with Gasteiger partial charge in [-0.1, -0.05) is 36.2 Å². The zero-order valence-corrected chi connectivity index (χ0v) is 15.8. The molecule has 0 radical (unpaired) electrons. The van der Waals surface area contributed by atoms with E-state index in [2.05, 4.69) is 17.2 Å². The number of aromatic nitrogens is 1. The minimum absolute atomic E-state index is 0.143. The number of hydrogen-bond donors (Lipinski definition) is 1. The molecule has 0 spiro atoms. The van der Waals surface area contributed by atoms with Gasteiger partial charge in [-0.15, -0.1) is 0 Å². The fraction of sp³-hybridized carbons (Fsp3) is 0.316. The van der Waals surface area contributed by atoms with Gasteiger partial charge in [-0.25, -0.2) is 4.98 Å². The summed E-state index contributed by atoms with van der Waals surface area (Å²) in [7, 11) is 0. The lowest BCUT2D eigenvalue weighted by Crippen LogP contribution is -2.38. The van der Waals surface area contributed by atoms with Crippen LogP contribution in [-0.2, 0) is 0 Å². The van der Waals surface area contributed by atoms with Crippen molar-refractivity contribution in [3.63, 3.8) is 0 Å². The number of benzene rings is 1. The van der Waals surface area contributed by atoms with Gasteiger partial charge < -0.3 is 10.2 Å². The molecule has 0 atom stereocenters. The second-order valence-corrected chi connectivity index (χ2v) is 7.30. The van der Waals surface area contributed by atoms with Crippen LogP contribution < -0.4 is 5.32 Å². The van der Waals surface area contributed by atoms with Crippen molar-refractivity contribution >= 4 is 40.7 Å². The molecule has 0 unspecified atom stereocenters. The van der Waals surface area contributed by atoms with Crippen LogP contribution in [0.25, 0.3) is 0 Å². The van der Waals surface area contributed by atoms with E-state index in [-0.39, 0.29) is 17.3 Å². The molecule has 1 fully saturated rings. The minimum atomic E-state index is -0.434. The molecule has 7 heteroatoms. The maximum atomic E-state index is 12.6. The SMILES string of the molecule is CC1CCN(C(=O)c2cccc(C(=O)Nc3ccc(Cl)cc3Cl)n2)CC1. The van der Waals surface area contributed by atoms with Gasteiger partial charge in [0.05, 0.1) is 10.7 Å². The van der Waals surface area contributed by atoms with Gasteiger partial charge in [0.15, 0.2) is 0 Å². The average molecular weight is 392 g/mol. The Morgan fingerprint density at radius 2 is 1.81 bits per heavy atom. The van der Waals surface area contributed by atoms with Crippen LogP contribution in [0.5, 0.6) is 0 Å². The lowest BCUT2D eigenvalue weighted by molar-refractivity contribution is 0.0691. The van der Waals surface area contributed by atoms with Gasteiger partial charge in [-0.05, 0) is 49.1 Å². The lowest BCUT2D eigenvalue weighted by Gasteiger charge is -2.30. The Morgan fingerprint density at radius 1 is 1.12 bits per heavy atom. The van der Waals surface area contributed by atoms with Crippen molar-refractivity contribution in [2.45, 2.75) is 19.8 Å². The summed E-state index contributed by atoms with van der Waals surface area (Å²) in [5.74, 6) is 0.0560. The van der Waals surface area contributed by atoms with Crippen LogP contribution in [0.1, 0.15) is 40.7 Å². The smallest absolute Gasteiger partial charge is 0.274 e. The number of anilines is 1. The van der Waals surface area contributed by atoms with E-state index in [0.29, 0.717) is 21.7 Å². The highest BCUT2D eigenvalue weighted by Crippen LogP contribution is 2.25. The highest BCUT2D eigenvalue weighted by Gasteiger charge is 2.23. The number of halogens is 2. The molecule has 1 aromatic carbocycles. The number of amides is 2. The molecular weight excluding hydrogens is 373 g/mol. The summed E-state index contributed by atoms with van der Waals surface area (Å²) < 4.78 is 0. The number of carbonyl (C=O) groups excluding carboxylic acids is 2. The minimum Gasteiger partial charge on any atom is -0.337 e. The molecule has 0 saturated carbocycles. The Balaban J connectivity index is 1.74. The quantitative estimate of drug-likeness (QED) is 0.836. The van der Waals surface area contributed by atoms with E-state index in [1.807, 2.05) is 0 Å². The zero-order chi connectivity index (χ0) is 18.7. The number of likely N-dealkylation sites (tertiary alicyclic amines) is 1. The van der Waals surface area contributed by atoms with E-state index < -0.39 is 5.91 Å². The zero-order valence-electron chi connectivity index (χ0n) is 14.3. The summed E-state index contributed by atoms with van der Waals surface area (Å²) in [6, 6.07) is 9.65. The van der Waals surface area contributed by atoms with Crippen LogP contribution in [0, 0.1) is 5.92 Å². The third-order valence-electron chi connectivity index (χ3n) is 4.45. The van der Waals surface area contributed by atoms with Crippen LogP contribution in [0.15, 0.2) is 36.4 Å². The normalized spacial score (nSPS) is 15.0. The molecule has 2 aromatic rings. The number of piperidine rings is 1. The molecule has 0 aliphatic carbocycles. The first kappa shape index (κ1) is 18.7. The van der Waals surface area contributed by atoms with Crippen LogP contribution in [0.4, 0.5) is 5.69 Å². The Bertz CT molecular complexity index is 833. The van der Waals surface area contributed by atoms with E-state index >= 15 is 0 Å². The maximum absolute atomic E-state index is 12.6. The van der Waals surface area contributed by atoms with Crippen molar-refractivity contribution in [3.05, 3.63) is 57.8 Å². The van der Waals surface area contributed by atoms with Gasteiger partial charge in [-0.3, -0.25) is 9.59 Å². The summed E-state index contributed by atoms with van der Waals surface area (Å²) in [6.45, 7) is 3.63. The number of pyridine rings is 1. The first-order chi connectivity index (χ1) is 12.4. The highest BCUT2D eigenvalue weighted by atomic mass is 35.5. The van der Waals surface area contributed by atoms with Gasteiger partial charge in [0.2, 0.25) is 0 Å². The Hall–Kier alpha value is -2.11.